The van der Waals surface area contributed by atoms with E-state index in [1.165, 1.54) is 0 Å². The number of pyridine rings is 1. The maximum atomic E-state index is 12.4. The number of halogens is 1. The summed E-state index contributed by atoms with van der Waals surface area (Å²) in [4.78, 5) is 16.4. The van der Waals surface area contributed by atoms with Crippen LogP contribution < -0.4 is 10.6 Å². The molecule has 4 nitrogen and oxygen atoms in total. The molecule has 0 aliphatic heterocycles. The number of amides is 1. The fraction of sp³-hybridized carbons (Fsp3) is 0.200. The first-order valence-electron chi connectivity index (χ1n) is 6.22. The monoisotopic (exact) mass is 333 g/mol. The van der Waals surface area contributed by atoms with Crippen LogP contribution in [0.2, 0.25) is 0 Å². The number of anilines is 2. The van der Waals surface area contributed by atoms with Crippen molar-refractivity contribution in [2.24, 2.45) is 0 Å². The van der Waals surface area contributed by atoms with E-state index in [0.29, 0.717) is 5.56 Å². The molecule has 0 spiro atoms. The Hall–Kier alpha value is -1.88. The van der Waals surface area contributed by atoms with Crippen molar-refractivity contribution >= 4 is 33.2 Å². The van der Waals surface area contributed by atoms with Crippen molar-refractivity contribution < 1.29 is 4.79 Å². The first-order valence-corrected chi connectivity index (χ1v) is 7.02. The lowest BCUT2D eigenvalue weighted by atomic mass is 10.1. The molecular formula is C15H16BrN3O. The number of hydrogen-bond acceptors (Lipinski definition) is 3. The van der Waals surface area contributed by atoms with Gasteiger partial charge < -0.3 is 10.6 Å². The van der Waals surface area contributed by atoms with Crippen LogP contribution in [-0.2, 0) is 0 Å². The molecule has 0 fully saturated rings. The predicted molar refractivity (Wildman–Crippen MR) is 85.4 cm³/mol. The van der Waals surface area contributed by atoms with Crippen molar-refractivity contribution in [1.82, 2.24) is 4.98 Å². The second-order valence-corrected chi connectivity index (χ2v) is 5.46. The maximum absolute atomic E-state index is 12.4. The van der Waals surface area contributed by atoms with Crippen molar-refractivity contribution in [3.63, 3.8) is 0 Å². The summed E-state index contributed by atoms with van der Waals surface area (Å²) < 4.78 is 1.00. The Bertz CT molecular complexity index is 632. The number of benzene rings is 1. The van der Waals surface area contributed by atoms with E-state index < -0.39 is 0 Å². The van der Waals surface area contributed by atoms with E-state index in [4.69, 9.17) is 0 Å². The SMILES string of the molecule is CNc1ccncc1C(=O)Nc1c(C)cc(Br)cc1C. The summed E-state index contributed by atoms with van der Waals surface area (Å²) in [6, 6.07) is 5.73. The van der Waals surface area contributed by atoms with Crippen LogP contribution in [0.3, 0.4) is 0 Å². The van der Waals surface area contributed by atoms with Crippen LogP contribution in [0.4, 0.5) is 11.4 Å². The third kappa shape index (κ3) is 2.99. The van der Waals surface area contributed by atoms with Gasteiger partial charge in [-0.2, -0.15) is 0 Å². The lowest BCUT2D eigenvalue weighted by molar-refractivity contribution is 0.102. The van der Waals surface area contributed by atoms with Gasteiger partial charge in [0, 0.05) is 35.3 Å². The predicted octanol–water partition coefficient (Wildman–Crippen LogP) is 3.75. The molecule has 1 aromatic heterocycles. The van der Waals surface area contributed by atoms with Crippen molar-refractivity contribution in [2.75, 3.05) is 17.7 Å². The number of carbonyl (C=O) groups excluding carboxylic acids is 1. The highest BCUT2D eigenvalue weighted by Crippen LogP contribution is 2.26. The number of carbonyl (C=O) groups is 1. The number of nitrogens with zero attached hydrogens (tertiary/aromatic N) is 1. The number of nitrogens with one attached hydrogen (secondary N) is 2. The molecule has 0 saturated carbocycles. The highest BCUT2D eigenvalue weighted by molar-refractivity contribution is 9.10. The fourth-order valence-corrected chi connectivity index (χ4v) is 2.77. The summed E-state index contributed by atoms with van der Waals surface area (Å²) in [7, 11) is 1.78. The second kappa shape index (κ2) is 6.05. The molecule has 0 unspecified atom stereocenters. The highest BCUT2D eigenvalue weighted by atomic mass is 79.9. The zero-order valence-corrected chi connectivity index (χ0v) is 13.2. The van der Waals surface area contributed by atoms with E-state index in [-0.39, 0.29) is 5.91 Å². The maximum Gasteiger partial charge on any atom is 0.259 e. The fourth-order valence-electron chi connectivity index (χ4n) is 2.08. The number of aromatic nitrogens is 1. The van der Waals surface area contributed by atoms with Gasteiger partial charge in [-0.3, -0.25) is 9.78 Å². The van der Waals surface area contributed by atoms with Crippen molar-refractivity contribution in [3.05, 3.63) is 51.8 Å². The Morgan fingerprint density at radius 3 is 2.50 bits per heavy atom. The number of rotatable bonds is 3. The Labute approximate surface area is 126 Å². The summed E-state index contributed by atoms with van der Waals surface area (Å²) in [5.74, 6) is -0.170. The van der Waals surface area contributed by atoms with Crippen LogP contribution in [0.25, 0.3) is 0 Å². The molecule has 0 bridgehead atoms. The van der Waals surface area contributed by atoms with Gasteiger partial charge in [0.15, 0.2) is 0 Å². The van der Waals surface area contributed by atoms with Gasteiger partial charge in [-0.05, 0) is 43.2 Å². The van der Waals surface area contributed by atoms with Crippen LogP contribution >= 0.6 is 15.9 Å². The van der Waals surface area contributed by atoms with Gasteiger partial charge in [0.25, 0.3) is 5.91 Å². The number of hydrogen-bond donors (Lipinski definition) is 2. The van der Waals surface area contributed by atoms with Crippen LogP contribution in [0.15, 0.2) is 35.1 Å². The van der Waals surface area contributed by atoms with E-state index in [1.54, 1.807) is 25.5 Å². The molecule has 1 aromatic carbocycles. The van der Waals surface area contributed by atoms with Crippen molar-refractivity contribution in [2.45, 2.75) is 13.8 Å². The Kier molecular flexibility index (Phi) is 4.39. The van der Waals surface area contributed by atoms with Crippen molar-refractivity contribution in [3.8, 4) is 0 Å². The lowest BCUT2D eigenvalue weighted by Crippen LogP contribution is -2.16. The lowest BCUT2D eigenvalue weighted by Gasteiger charge is -2.14. The molecular weight excluding hydrogens is 318 g/mol. The topological polar surface area (TPSA) is 54.0 Å². The summed E-state index contributed by atoms with van der Waals surface area (Å²) in [5.41, 5.74) is 4.14. The van der Waals surface area contributed by atoms with E-state index in [2.05, 4.69) is 31.5 Å². The Morgan fingerprint density at radius 2 is 1.90 bits per heavy atom. The van der Waals surface area contributed by atoms with Gasteiger partial charge in [-0.15, -0.1) is 0 Å². The van der Waals surface area contributed by atoms with E-state index in [1.807, 2.05) is 26.0 Å². The quantitative estimate of drug-likeness (QED) is 0.899. The summed E-state index contributed by atoms with van der Waals surface area (Å²) in [5, 5.41) is 5.95. The molecule has 0 atom stereocenters. The first kappa shape index (κ1) is 14.5. The van der Waals surface area contributed by atoms with E-state index in [0.717, 1.165) is 27.0 Å². The minimum atomic E-state index is -0.170. The molecule has 0 aliphatic carbocycles. The molecule has 5 heteroatoms. The average molecular weight is 334 g/mol. The zero-order chi connectivity index (χ0) is 14.7. The van der Waals surface area contributed by atoms with Crippen LogP contribution in [-0.4, -0.2) is 17.9 Å². The third-order valence-electron chi connectivity index (χ3n) is 3.07. The van der Waals surface area contributed by atoms with Gasteiger partial charge in [-0.25, -0.2) is 0 Å². The minimum Gasteiger partial charge on any atom is -0.387 e. The van der Waals surface area contributed by atoms with Gasteiger partial charge in [-0.1, -0.05) is 15.9 Å². The molecule has 0 radical (unpaired) electrons. The molecule has 2 aromatic rings. The largest absolute Gasteiger partial charge is 0.387 e. The van der Waals surface area contributed by atoms with Crippen LogP contribution in [0, 0.1) is 13.8 Å². The summed E-state index contributed by atoms with van der Waals surface area (Å²) >= 11 is 3.45. The number of aryl methyl sites for hydroxylation is 2. The first-order chi connectivity index (χ1) is 9.52. The normalized spacial score (nSPS) is 10.2. The molecule has 1 amide bonds. The minimum absolute atomic E-state index is 0.170. The smallest absolute Gasteiger partial charge is 0.259 e. The van der Waals surface area contributed by atoms with Crippen LogP contribution in [0.1, 0.15) is 21.5 Å². The third-order valence-corrected chi connectivity index (χ3v) is 3.53. The Balaban J connectivity index is 2.33. The van der Waals surface area contributed by atoms with E-state index in [9.17, 15) is 4.79 Å². The highest BCUT2D eigenvalue weighted by Gasteiger charge is 2.13. The molecule has 20 heavy (non-hydrogen) atoms. The standard InChI is InChI=1S/C15H16BrN3O/c1-9-6-11(16)7-10(2)14(9)19-15(20)12-8-18-5-4-13(12)17-3/h4-8H,1-3H3,(H,17,18)(H,19,20). The molecule has 0 aliphatic rings. The second-order valence-electron chi connectivity index (χ2n) is 4.54. The van der Waals surface area contributed by atoms with Crippen molar-refractivity contribution in [1.29, 1.82) is 0 Å². The average Bonchev–Trinajstić information content (AvgIpc) is 2.42. The summed E-state index contributed by atoms with van der Waals surface area (Å²) in [6.07, 6.45) is 3.21. The molecule has 1 heterocycles. The summed E-state index contributed by atoms with van der Waals surface area (Å²) in [6.45, 7) is 3.94. The molecule has 104 valence electrons. The zero-order valence-electron chi connectivity index (χ0n) is 11.6. The molecule has 2 rings (SSSR count). The van der Waals surface area contributed by atoms with Gasteiger partial charge >= 0.3 is 0 Å². The van der Waals surface area contributed by atoms with Gasteiger partial charge in [0.2, 0.25) is 0 Å². The Morgan fingerprint density at radius 1 is 1.25 bits per heavy atom. The molecule has 0 saturated heterocycles. The van der Waals surface area contributed by atoms with Gasteiger partial charge in [0.05, 0.1) is 5.56 Å². The molecule has 2 N–H and O–H groups in total. The van der Waals surface area contributed by atoms with Crippen LogP contribution in [0.5, 0.6) is 0 Å². The van der Waals surface area contributed by atoms with Gasteiger partial charge in [0.1, 0.15) is 0 Å². The van der Waals surface area contributed by atoms with E-state index >= 15 is 0 Å².